The maximum atomic E-state index is 12.2. The zero-order valence-corrected chi connectivity index (χ0v) is 13.4. The van der Waals surface area contributed by atoms with Gasteiger partial charge in [-0.25, -0.2) is 4.68 Å². The van der Waals surface area contributed by atoms with Gasteiger partial charge in [0.2, 0.25) is 0 Å². The summed E-state index contributed by atoms with van der Waals surface area (Å²) in [6.45, 7) is 8.01. The third-order valence-corrected chi connectivity index (χ3v) is 3.93. The molecule has 0 aromatic carbocycles. The fraction of sp³-hybridized carbons (Fsp3) is 0.733. The van der Waals surface area contributed by atoms with E-state index in [9.17, 15) is 4.79 Å². The van der Waals surface area contributed by atoms with Crippen molar-refractivity contribution in [1.82, 2.24) is 15.1 Å². The molecule has 1 N–H and O–H groups in total. The zero-order valence-electron chi connectivity index (χ0n) is 13.4. The van der Waals surface area contributed by atoms with Crippen LogP contribution in [0.15, 0.2) is 17.1 Å². The molecule has 0 saturated heterocycles. The van der Waals surface area contributed by atoms with Crippen molar-refractivity contribution in [2.24, 2.45) is 5.92 Å². The standard InChI is InChI=1S/C15H28N4O/c1-6-8-18(5)13-9-15(20)19(17-10-13)11-14(16-4)12(3)7-2/h9-10,12,14,16H,6-8,11H2,1-5H3. The van der Waals surface area contributed by atoms with Crippen LogP contribution in [-0.4, -0.2) is 36.5 Å². The normalized spacial score (nSPS) is 14.1. The van der Waals surface area contributed by atoms with Crippen molar-refractivity contribution < 1.29 is 0 Å². The number of likely N-dealkylation sites (N-methyl/N-ethyl adjacent to an activating group) is 1. The van der Waals surface area contributed by atoms with Crippen molar-refractivity contribution in [2.75, 3.05) is 25.5 Å². The van der Waals surface area contributed by atoms with Crippen molar-refractivity contribution in [2.45, 2.75) is 46.2 Å². The minimum absolute atomic E-state index is 0.0333. The number of nitrogens with one attached hydrogen (secondary N) is 1. The minimum atomic E-state index is -0.0333. The molecule has 0 aliphatic carbocycles. The lowest BCUT2D eigenvalue weighted by Gasteiger charge is -2.23. The van der Waals surface area contributed by atoms with Crippen LogP contribution in [0, 0.1) is 5.92 Å². The Labute approximate surface area is 122 Å². The Kier molecular flexibility index (Phi) is 6.71. The highest BCUT2D eigenvalue weighted by Crippen LogP contribution is 2.10. The zero-order chi connectivity index (χ0) is 15.1. The van der Waals surface area contributed by atoms with E-state index >= 15 is 0 Å². The highest BCUT2D eigenvalue weighted by Gasteiger charge is 2.15. The van der Waals surface area contributed by atoms with Gasteiger partial charge in [-0.1, -0.05) is 27.2 Å². The van der Waals surface area contributed by atoms with E-state index in [-0.39, 0.29) is 11.6 Å². The van der Waals surface area contributed by atoms with Crippen molar-refractivity contribution in [1.29, 1.82) is 0 Å². The molecule has 1 aromatic rings. The third-order valence-electron chi connectivity index (χ3n) is 3.93. The van der Waals surface area contributed by atoms with Gasteiger partial charge in [0.05, 0.1) is 18.4 Å². The summed E-state index contributed by atoms with van der Waals surface area (Å²) in [4.78, 5) is 14.2. The van der Waals surface area contributed by atoms with E-state index in [1.54, 1.807) is 16.9 Å². The van der Waals surface area contributed by atoms with Crippen LogP contribution in [0.2, 0.25) is 0 Å². The molecule has 20 heavy (non-hydrogen) atoms. The molecule has 1 rings (SSSR count). The smallest absolute Gasteiger partial charge is 0.268 e. The summed E-state index contributed by atoms with van der Waals surface area (Å²) in [6, 6.07) is 1.94. The maximum Gasteiger partial charge on any atom is 0.268 e. The molecule has 0 aliphatic rings. The van der Waals surface area contributed by atoms with Gasteiger partial charge in [0.15, 0.2) is 0 Å². The molecule has 0 fully saturated rings. The van der Waals surface area contributed by atoms with E-state index in [1.165, 1.54) is 0 Å². The van der Waals surface area contributed by atoms with Crippen LogP contribution in [-0.2, 0) is 6.54 Å². The fourth-order valence-corrected chi connectivity index (χ4v) is 2.26. The van der Waals surface area contributed by atoms with Crippen LogP contribution >= 0.6 is 0 Å². The van der Waals surface area contributed by atoms with Crippen molar-refractivity contribution in [3.8, 4) is 0 Å². The second-order valence-electron chi connectivity index (χ2n) is 5.44. The number of hydrogen-bond acceptors (Lipinski definition) is 4. The summed E-state index contributed by atoms with van der Waals surface area (Å²) in [6.07, 6.45) is 3.91. The quantitative estimate of drug-likeness (QED) is 0.788. The predicted octanol–water partition coefficient (Wildman–Crippen LogP) is 1.72. The average Bonchev–Trinajstić information content (AvgIpc) is 2.45. The second-order valence-corrected chi connectivity index (χ2v) is 5.44. The molecular weight excluding hydrogens is 252 g/mol. The first-order valence-corrected chi connectivity index (χ1v) is 7.49. The van der Waals surface area contributed by atoms with E-state index in [4.69, 9.17) is 0 Å². The topological polar surface area (TPSA) is 50.2 Å². The van der Waals surface area contributed by atoms with Gasteiger partial charge in [0, 0.05) is 25.7 Å². The van der Waals surface area contributed by atoms with Gasteiger partial charge in [-0.15, -0.1) is 0 Å². The highest BCUT2D eigenvalue weighted by atomic mass is 16.1. The molecule has 2 atom stereocenters. The molecule has 0 spiro atoms. The number of aromatic nitrogens is 2. The molecule has 1 heterocycles. The minimum Gasteiger partial charge on any atom is -0.373 e. The number of anilines is 1. The summed E-state index contributed by atoms with van der Waals surface area (Å²) in [5.74, 6) is 0.510. The molecule has 114 valence electrons. The summed E-state index contributed by atoms with van der Waals surface area (Å²) in [5.41, 5.74) is 0.853. The lowest BCUT2D eigenvalue weighted by atomic mass is 9.99. The first kappa shape index (κ1) is 16.7. The van der Waals surface area contributed by atoms with Gasteiger partial charge in [-0.2, -0.15) is 5.10 Å². The van der Waals surface area contributed by atoms with E-state index in [0.29, 0.717) is 12.5 Å². The number of hydrogen-bond donors (Lipinski definition) is 1. The molecule has 0 bridgehead atoms. The van der Waals surface area contributed by atoms with Gasteiger partial charge >= 0.3 is 0 Å². The molecule has 0 radical (unpaired) electrons. The lowest BCUT2D eigenvalue weighted by Crippen LogP contribution is -2.40. The van der Waals surface area contributed by atoms with E-state index in [0.717, 1.165) is 25.1 Å². The Morgan fingerprint density at radius 3 is 2.65 bits per heavy atom. The van der Waals surface area contributed by atoms with Crippen molar-refractivity contribution >= 4 is 5.69 Å². The van der Waals surface area contributed by atoms with Crippen LogP contribution in [0.25, 0.3) is 0 Å². The molecule has 0 aliphatic heterocycles. The van der Waals surface area contributed by atoms with Crippen LogP contribution < -0.4 is 15.8 Å². The Balaban J connectivity index is 2.85. The number of nitrogens with zero attached hydrogens (tertiary/aromatic N) is 3. The first-order chi connectivity index (χ1) is 9.53. The van der Waals surface area contributed by atoms with Crippen LogP contribution in [0.5, 0.6) is 0 Å². The first-order valence-electron chi connectivity index (χ1n) is 7.49. The largest absolute Gasteiger partial charge is 0.373 e. The SMILES string of the molecule is CCCN(C)c1cnn(CC(NC)C(C)CC)c(=O)c1. The predicted molar refractivity (Wildman–Crippen MR) is 84.4 cm³/mol. The van der Waals surface area contributed by atoms with E-state index in [2.05, 4.69) is 36.1 Å². The lowest BCUT2D eigenvalue weighted by molar-refractivity contribution is 0.330. The Hall–Kier alpha value is -1.36. The van der Waals surface area contributed by atoms with Crippen LogP contribution in [0.4, 0.5) is 5.69 Å². The second kappa shape index (κ2) is 8.04. The summed E-state index contributed by atoms with van der Waals surface area (Å²) in [5, 5.41) is 7.58. The van der Waals surface area contributed by atoms with Crippen LogP contribution in [0.3, 0.4) is 0 Å². The van der Waals surface area contributed by atoms with Gasteiger partial charge in [0.25, 0.3) is 5.56 Å². The van der Waals surface area contributed by atoms with Gasteiger partial charge in [0.1, 0.15) is 0 Å². The molecule has 2 unspecified atom stereocenters. The summed E-state index contributed by atoms with van der Waals surface area (Å²) < 4.78 is 1.55. The molecule has 0 amide bonds. The van der Waals surface area contributed by atoms with Crippen molar-refractivity contribution in [3.05, 3.63) is 22.6 Å². The molecule has 1 aromatic heterocycles. The Morgan fingerprint density at radius 2 is 2.15 bits per heavy atom. The molecule has 5 heteroatoms. The van der Waals surface area contributed by atoms with Gasteiger partial charge < -0.3 is 10.2 Å². The highest BCUT2D eigenvalue weighted by molar-refractivity contribution is 5.41. The monoisotopic (exact) mass is 280 g/mol. The molecule has 5 nitrogen and oxygen atoms in total. The number of rotatable bonds is 8. The summed E-state index contributed by atoms with van der Waals surface area (Å²) >= 11 is 0. The molecular formula is C15H28N4O. The van der Waals surface area contributed by atoms with Gasteiger partial charge in [-0.3, -0.25) is 4.79 Å². The fourth-order valence-electron chi connectivity index (χ4n) is 2.26. The molecule has 0 saturated carbocycles. The van der Waals surface area contributed by atoms with E-state index < -0.39 is 0 Å². The van der Waals surface area contributed by atoms with Gasteiger partial charge in [-0.05, 0) is 19.4 Å². The summed E-state index contributed by atoms with van der Waals surface area (Å²) in [7, 11) is 3.92. The average molecular weight is 280 g/mol. The maximum absolute atomic E-state index is 12.2. The van der Waals surface area contributed by atoms with Crippen LogP contribution in [0.1, 0.15) is 33.6 Å². The van der Waals surface area contributed by atoms with E-state index in [1.807, 2.05) is 14.1 Å². The Morgan fingerprint density at radius 1 is 1.45 bits per heavy atom. The Bertz CT molecular complexity index is 457. The third kappa shape index (κ3) is 4.34. The van der Waals surface area contributed by atoms with Crippen molar-refractivity contribution in [3.63, 3.8) is 0 Å².